The Morgan fingerprint density at radius 2 is 1.85 bits per heavy atom. The van der Waals surface area contributed by atoms with E-state index < -0.39 is 23.8 Å². The van der Waals surface area contributed by atoms with Gasteiger partial charge in [-0.1, -0.05) is 6.92 Å². The van der Waals surface area contributed by atoms with Gasteiger partial charge in [0.15, 0.2) is 11.6 Å². The fraction of sp³-hybridized carbons (Fsp3) is 0.421. The van der Waals surface area contributed by atoms with Crippen LogP contribution in [-0.4, -0.2) is 17.1 Å². The zero-order chi connectivity index (χ0) is 19.5. The quantitative estimate of drug-likeness (QED) is 0.689. The summed E-state index contributed by atoms with van der Waals surface area (Å²) >= 11 is 0. The van der Waals surface area contributed by atoms with Gasteiger partial charge >= 0.3 is 0 Å². The highest BCUT2D eigenvalue weighted by atomic mass is 19.3. The number of pyridine rings is 1. The number of benzene rings is 1. The molecule has 1 aromatic carbocycles. The van der Waals surface area contributed by atoms with E-state index in [1.165, 1.54) is 6.07 Å². The number of rotatable bonds is 7. The molecule has 1 aromatic heterocycles. The molecule has 1 heterocycles. The summed E-state index contributed by atoms with van der Waals surface area (Å²) in [6.07, 6.45) is -1.00. The van der Waals surface area contributed by atoms with Crippen molar-refractivity contribution in [3.8, 4) is 16.9 Å². The summed E-state index contributed by atoms with van der Waals surface area (Å²) in [5.41, 5.74) is 5.03. The van der Waals surface area contributed by atoms with Gasteiger partial charge in [-0.05, 0) is 49.9 Å². The van der Waals surface area contributed by atoms with E-state index in [2.05, 4.69) is 4.98 Å². The van der Waals surface area contributed by atoms with Crippen molar-refractivity contribution in [2.24, 2.45) is 11.7 Å². The second kappa shape index (κ2) is 8.03. The number of alkyl halides is 2. The first-order chi connectivity index (χ1) is 12.1. The average Bonchev–Trinajstić information content (AvgIpc) is 2.53. The molecule has 7 heteroatoms. The van der Waals surface area contributed by atoms with Crippen molar-refractivity contribution < 1.29 is 22.3 Å². The molecule has 142 valence electrons. The first-order valence-corrected chi connectivity index (χ1v) is 8.22. The molecule has 2 aromatic rings. The summed E-state index contributed by atoms with van der Waals surface area (Å²) in [6, 6.07) is 4.24. The van der Waals surface area contributed by atoms with E-state index >= 15 is 0 Å². The number of ether oxygens (including phenoxy) is 1. The summed E-state index contributed by atoms with van der Waals surface area (Å²) in [5, 5.41) is 0. The molecule has 0 unspecified atom stereocenters. The first kappa shape index (κ1) is 20.2. The Balaban J connectivity index is 2.19. The van der Waals surface area contributed by atoms with Gasteiger partial charge in [0.1, 0.15) is 11.5 Å². The van der Waals surface area contributed by atoms with Crippen LogP contribution >= 0.6 is 0 Å². The highest BCUT2D eigenvalue weighted by Gasteiger charge is 2.18. The van der Waals surface area contributed by atoms with Crippen LogP contribution in [0.2, 0.25) is 0 Å². The van der Waals surface area contributed by atoms with Crippen LogP contribution in [0.25, 0.3) is 11.1 Å². The van der Waals surface area contributed by atoms with Crippen molar-refractivity contribution in [2.75, 3.05) is 6.61 Å². The van der Waals surface area contributed by atoms with E-state index in [1.807, 2.05) is 20.8 Å². The fourth-order valence-electron chi connectivity index (χ4n) is 2.78. The van der Waals surface area contributed by atoms with Crippen molar-refractivity contribution in [2.45, 2.75) is 39.2 Å². The largest absolute Gasteiger partial charge is 0.490 e. The predicted molar refractivity (Wildman–Crippen MR) is 92.1 cm³/mol. The van der Waals surface area contributed by atoms with Gasteiger partial charge in [-0.2, -0.15) is 0 Å². The SMILES string of the molecule is C[C@H](COc1cc(F)c(-c2ccnc(C(F)F)c2)cc1F)CC(C)(C)N. The molecule has 0 aliphatic rings. The smallest absolute Gasteiger partial charge is 0.280 e. The Morgan fingerprint density at radius 1 is 1.15 bits per heavy atom. The van der Waals surface area contributed by atoms with E-state index in [-0.39, 0.29) is 34.9 Å². The standard InChI is InChI=1S/C19H22F4N2O/c1-11(9-19(2,3)24)10-26-17-8-14(20)13(7-15(17)21)12-4-5-25-16(6-12)18(22)23/h4-8,11,18H,9-10,24H2,1-3H3/t11-/m0/s1. The van der Waals surface area contributed by atoms with E-state index in [9.17, 15) is 17.6 Å². The topological polar surface area (TPSA) is 48.1 Å². The molecule has 0 aliphatic carbocycles. The number of nitrogens with zero attached hydrogens (tertiary/aromatic N) is 1. The summed E-state index contributed by atoms with van der Waals surface area (Å²) in [4.78, 5) is 3.51. The molecule has 0 saturated heterocycles. The lowest BCUT2D eigenvalue weighted by molar-refractivity contribution is 0.146. The van der Waals surface area contributed by atoms with Crippen molar-refractivity contribution in [1.82, 2.24) is 4.98 Å². The monoisotopic (exact) mass is 370 g/mol. The Bertz CT molecular complexity index is 760. The first-order valence-electron chi connectivity index (χ1n) is 8.22. The maximum atomic E-state index is 14.4. The molecule has 0 spiro atoms. The van der Waals surface area contributed by atoms with Crippen molar-refractivity contribution in [3.05, 3.63) is 47.8 Å². The van der Waals surface area contributed by atoms with Gasteiger partial charge in [-0.3, -0.25) is 4.98 Å². The summed E-state index contributed by atoms with van der Waals surface area (Å²) in [5.74, 6) is -1.71. The Labute approximate surface area is 150 Å². The maximum Gasteiger partial charge on any atom is 0.280 e. The fourth-order valence-corrected chi connectivity index (χ4v) is 2.78. The summed E-state index contributed by atoms with van der Waals surface area (Å²) in [6.45, 7) is 5.84. The molecule has 0 amide bonds. The Hall–Kier alpha value is -2.15. The van der Waals surface area contributed by atoms with E-state index in [1.54, 1.807) is 0 Å². The zero-order valence-corrected chi connectivity index (χ0v) is 14.9. The van der Waals surface area contributed by atoms with Crippen LogP contribution in [0, 0.1) is 17.6 Å². The zero-order valence-electron chi connectivity index (χ0n) is 14.9. The lowest BCUT2D eigenvalue weighted by atomic mass is 9.93. The van der Waals surface area contributed by atoms with Gasteiger partial charge in [-0.25, -0.2) is 17.6 Å². The predicted octanol–water partition coefficient (Wildman–Crippen LogP) is 5.11. The molecular weight excluding hydrogens is 348 g/mol. The number of nitrogens with two attached hydrogens (primary N) is 1. The Kier molecular flexibility index (Phi) is 6.23. The van der Waals surface area contributed by atoms with Crippen molar-refractivity contribution >= 4 is 0 Å². The molecule has 1 atom stereocenters. The third-order valence-electron chi connectivity index (χ3n) is 3.74. The lowest BCUT2D eigenvalue weighted by Crippen LogP contribution is -2.35. The van der Waals surface area contributed by atoms with E-state index in [0.717, 1.165) is 24.4 Å². The van der Waals surface area contributed by atoms with Gasteiger partial charge in [0.2, 0.25) is 0 Å². The molecule has 26 heavy (non-hydrogen) atoms. The van der Waals surface area contributed by atoms with Crippen LogP contribution in [0.5, 0.6) is 5.75 Å². The summed E-state index contributed by atoms with van der Waals surface area (Å²) in [7, 11) is 0. The summed E-state index contributed by atoms with van der Waals surface area (Å²) < 4.78 is 59.5. The van der Waals surface area contributed by atoms with Gasteiger partial charge in [0, 0.05) is 23.4 Å². The minimum absolute atomic E-state index is 0.0472. The molecular formula is C19H22F4N2O. The van der Waals surface area contributed by atoms with Gasteiger partial charge in [0.25, 0.3) is 6.43 Å². The highest BCUT2D eigenvalue weighted by Crippen LogP contribution is 2.31. The van der Waals surface area contributed by atoms with Gasteiger partial charge in [-0.15, -0.1) is 0 Å². The second-order valence-corrected chi connectivity index (χ2v) is 7.14. The van der Waals surface area contributed by atoms with E-state index in [4.69, 9.17) is 10.5 Å². The highest BCUT2D eigenvalue weighted by molar-refractivity contribution is 5.65. The molecule has 2 N–H and O–H groups in total. The number of hydrogen-bond acceptors (Lipinski definition) is 3. The maximum absolute atomic E-state index is 14.4. The number of halogens is 4. The van der Waals surface area contributed by atoms with Crippen LogP contribution < -0.4 is 10.5 Å². The Morgan fingerprint density at radius 3 is 2.46 bits per heavy atom. The molecule has 0 radical (unpaired) electrons. The average molecular weight is 370 g/mol. The van der Waals surface area contributed by atoms with E-state index in [0.29, 0.717) is 6.42 Å². The van der Waals surface area contributed by atoms with Gasteiger partial charge in [0.05, 0.1) is 6.61 Å². The van der Waals surface area contributed by atoms with Crippen LogP contribution in [0.1, 0.15) is 39.3 Å². The molecule has 0 bridgehead atoms. The van der Waals surface area contributed by atoms with Crippen molar-refractivity contribution in [1.29, 1.82) is 0 Å². The molecule has 3 nitrogen and oxygen atoms in total. The van der Waals surface area contributed by atoms with Crippen LogP contribution in [0.3, 0.4) is 0 Å². The molecule has 0 saturated carbocycles. The minimum atomic E-state index is -2.79. The van der Waals surface area contributed by atoms with Crippen LogP contribution in [0.4, 0.5) is 17.6 Å². The molecule has 0 aliphatic heterocycles. The number of hydrogen-bond donors (Lipinski definition) is 1. The minimum Gasteiger partial charge on any atom is -0.490 e. The second-order valence-electron chi connectivity index (χ2n) is 7.14. The van der Waals surface area contributed by atoms with Gasteiger partial charge < -0.3 is 10.5 Å². The lowest BCUT2D eigenvalue weighted by Gasteiger charge is -2.23. The normalized spacial score (nSPS) is 13.1. The molecule has 2 rings (SSSR count). The third kappa shape index (κ3) is 5.42. The van der Waals surface area contributed by atoms with Crippen LogP contribution in [-0.2, 0) is 0 Å². The number of aromatic nitrogens is 1. The van der Waals surface area contributed by atoms with Crippen LogP contribution in [0.15, 0.2) is 30.5 Å². The third-order valence-corrected chi connectivity index (χ3v) is 3.74. The van der Waals surface area contributed by atoms with Crippen molar-refractivity contribution in [3.63, 3.8) is 0 Å². The molecule has 0 fully saturated rings.